The van der Waals surface area contributed by atoms with Crippen LogP contribution in [0.5, 0.6) is 0 Å². The fourth-order valence-corrected chi connectivity index (χ4v) is 2.43. The summed E-state index contributed by atoms with van der Waals surface area (Å²) in [6.45, 7) is 0.500. The second kappa shape index (κ2) is 7.06. The molecule has 6 nitrogen and oxygen atoms in total. The summed E-state index contributed by atoms with van der Waals surface area (Å²) in [5.41, 5.74) is 1.62. The number of nitrogens with zero attached hydrogens (tertiary/aromatic N) is 3. The van der Waals surface area contributed by atoms with Crippen molar-refractivity contribution in [1.29, 1.82) is 0 Å². The fraction of sp³-hybridized carbons (Fsp3) is 0.0588. The zero-order valence-corrected chi connectivity index (χ0v) is 13.3. The first kappa shape index (κ1) is 15.9. The van der Waals surface area contributed by atoms with Crippen molar-refractivity contribution >= 4 is 40.1 Å². The molecule has 120 valence electrons. The molecule has 0 aliphatic carbocycles. The van der Waals surface area contributed by atoms with Gasteiger partial charge in [-0.1, -0.05) is 42.5 Å². The largest absolute Gasteiger partial charge is 0.366 e. The highest BCUT2D eigenvalue weighted by atomic mass is 35.5. The van der Waals surface area contributed by atoms with Gasteiger partial charge in [-0.3, -0.25) is 10.1 Å². The minimum absolute atomic E-state index is 0.0173. The van der Waals surface area contributed by atoms with Crippen LogP contribution in [0, 0.1) is 10.1 Å². The topological polar surface area (TPSA) is 81.0 Å². The number of hydrogen-bond donors (Lipinski definition) is 1. The number of aromatic nitrogens is 2. The smallest absolute Gasteiger partial charge is 0.270 e. The zero-order chi connectivity index (χ0) is 16.9. The molecule has 0 amide bonds. The molecule has 7 heteroatoms. The summed E-state index contributed by atoms with van der Waals surface area (Å²) in [5.74, 6) is 0.464. The molecule has 3 rings (SSSR count). The standard InChI is InChI=1S/C17H13ClN4O2/c18-17-20-15-9-8-13(22(23)24)11-14(15)16(21-17)19-10-4-7-12-5-2-1-3-6-12/h1-9,11H,10H2,(H,19,20,21)/b7-4+. The average molecular weight is 341 g/mol. The lowest BCUT2D eigenvalue weighted by atomic mass is 10.2. The normalized spacial score (nSPS) is 11.0. The van der Waals surface area contributed by atoms with E-state index in [0.717, 1.165) is 5.56 Å². The van der Waals surface area contributed by atoms with Gasteiger partial charge in [0.15, 0.2) is 0 Å². The van der Waals surface area contributed by atoms with Crippen molar-refractivity contribution in [1.82, 2.24) is 9.97 Å². The van der Waals surface area contributed by atoms with Crippen molar-refractivity contribution in [2.45, 2.75) is 0 Å². The molecule has 0 radical (unpaired) electrons. The molecule has 24 heavy (non-hydrogen) atoms. The van der Waals surface area contributed by atoms with Crippen molar-refractivity contribution in [3.63, 3.8) is 0 Å². The van der Waals surface area contributed by atoms with Gasteiger partial charge in [-0.25, -0.2) is 9.97 Å². The lowest BCUT2D eigenvalue weighted by molar-refractivity contribution is -0.384. The van der Waals surface area contributed by atoms with Crippen molar-refractivity contribution in [2.24, 2.45) is 0 Å². The molecule has 1 N–H and O–H groups in total. The van der Waals surface area contributed by atoms with Gasteiger partial charge < -0.3 is 5.32 Å². The van der Waals surface area contributed by atoms with Crippen LogP contribution in [0.3, 0.4) is 0 Å². The van der Waals surface area contributed by atoms with Gasteiger partial charge in [-0.05, 0) is 23.2 Å². The number of rotatable bonds is 5. The quantitative estimate of drug-likeness (QED) is 0.425. The Labute approximate surface area is 143 Å². The van der Waals surface area contributed by atoms with E-state index in [-0.39, 0.29) is 11.0 Å². The molecule has 0 fully saturated rings. The van der Waals surface area contributed by atoms with Gasteiger partial charge in [0.25, 0.3) is 5.69 Å². The monoisotopic (exact) mass is 340 g/mol. The highest BCUT2D eigenvalue weighted by Crippen LogP contribution is 2.26. The number of benzene rings is 2. The van der Waals surface area contributed by atoms with Gasteiger partial charge in [0.05, 0.1) is 10.4 Å². The second-order valence-corrected chi connectivity index (χ2v) is 5.33. The van der Waals surface area contributed by atoms with Crippen LogP contribution in [0.15, 0.2) is 54.6 Å². The molecular weight excluding hydrogens is 328 g/mol. The minimum atomic E-state index is -0.451. The molecule has 0 saturated carbocycles. The molecule has 2 aromatic carbocycles. The van der Waals surface area contributed by atoms with Crippen LogP contribution in [0.2, 0.25) is 5.28 Å². The van der Waals surface area contributed by atoms with E-state index in [4.69, 9.17) is 11.6 Å². The molecule has 0 saturated heterocycles. The van der Waals surface area contributed by atoms with Gasteiger partial charge in [-0.15, -0.1) is 0 Å². The number of halogens is 1. The number of anilines is 1. The lowest BCUT2D eigenvalue weighted by Gasteiger charge is -2.07. The Morgan fingerprint density at radius 3 is 2.71 bits per heavy atom. The van der Waals surface area contributed by atoms with E-state index in [1.54, 1.807) is 6.07 Å². The number of nitrogens with one attached hydrogen (secondary N) is 1. The second-order valence-electron chi connectivity index (χ2n) is 4.99. The number of non-ortho nitro benzene ring substituents is 1. The maximum Gasteiger partial charge on any atom is 0.270 e. The van der Waals surface area contributed by atoms with E-state index in [1.807, 2.05) is 42.5 Å². The van der Waals surface area contributed by atoms with Crippen LogP contribution in [0.1, 0.15) is 5.56 Å². The van der Waals surface area contributed by atoms with Gasteiger partial charge in [0, 0.05) is 24.1 Å². The highest BCUT2D eigenvalue weighted by molar-refractivity contribution is 6.28. The summed E-state index contributed by atoms with van der Waals surface area (Å²) >= 11 is 5.92. The number of nitro benzene ring substituents is 1. The van der Waals surface area contributed by atoms with Crippen LogP contribution >= 0.6 is 11.6 Å². The first-order valence-corrected chi connectivity index (χ1v) is 7.58. The fourth-order valence-electron chi connectivity index (χ4n) is 2.25. The summed E-state index contributed by atoms with van der Waals surface area (Å²) in [4.78, 5) is 18.7. The Morgan fingerprint density at radius 2 is 1.96 bits per heavy atom. The Morgan fingerprint density at radius 1 is 1.17 bits per heavy atom. The maximum absolute atomic E-state index is 10.9. The van der Waals surface area contributed by atoms with Crippen molar-refractivity contribution in [3.05, 3.63) is 75.6 Å². The van der Waals surface area contributed by atoms with Crippen LogP contribution in [-0.4, -0.2) is 21.4 Å². The van der Waals surface area contributed by atoms with Crippen molar-refractivity contribution in [2.75, 3.05) is 11.9 Å². The highest BCUT2D eigenvalue weighted by Gasteiger charge is 2.11. The summed E-state index contributed by atoms with van der Waals surface area (Å²) in [6, 6.07) is 14.3. The van der Waals surface area contributed by atoms with Crippen molar-refractivity contribution in [3.8, 4) is 0 Å². The number of nitro groups is 1. The Hall–Kier alpha value is -2.99. The van der Waals surface area contributed by atoms with Crippen molar-refractivity contribution < 1.29 is 4.92 Å². The van der Waals surface area contributed by atoms with E-state index in [9.17, 15) is 10.1 Å². The Bertz CT molecular complexity index is 913. The number of fused-ring (bicyclic) bond motifs is 1. The molecule has 1 heterocycles. The summed E-state index contributed by atoms with van der Waals surface area (Å²) < 4.78 is 0. The van der Waals surface area contributed by atoms with Gasteiger partial charge in [-0.2, -0.15) is 0 Å². The van der Waals surface area contributed by atoms with E-state index in [1.165, 1.54) is 12.1 Å². The summed E-state index contributed by atoms with van der Waals surface area (Å²) in [6.07, 6.45) is 3.91. The third-order valence-corrected chi connectivity index (χ3v) is 3.53. The summed E-state index contributed by atoms with van der Waals surface area (Å²) in [5, 5.41) is 14.7. The maximum atomic E-state index is 10.9. The molecule has 3 aromatic rings. The molecule has 1 aromatic heterocycles. The van der Waals surface area contributed by atoms with E-state index >= 15 is 0 Å². The van der Waals surface area contributed by atoms with Gasteiger partial charge in [0.1, 0.15) is 5.82 Å². The molecule has 0 atom stereocenters. The molecule has 0 unspecified atom stereocenters. The third-order valence-electron chi connectivity index (χ3n) is 3.36. The minimum Gasteiger partial charge on any atom is -0.366 e. The first-order valence-electron chi connectivity index (χ1n) is 7.20. The van der Waals surface area contributed by atoms with E-state index < -0.39 is 4.92 Å². The lowest BCUT2D eigenvalue weighted by Crippen LogP contribution is -2.03. The van der Waals surface area contributed by atoms with E-state index in [2.05, 4.69) is 15.3 Å². The Kier molecular flexibility index (Phi) is 4.67. The number of hydrogen-bond acceptors (Lipinski definition) is 5. The van der Waals surface area contributed by atoms with Crippen LogP contribution in [-0.2, 0) is 0 Å². The summed E-state index contributed by atoms with van der Waals surface area (Å²) in [7, 11) is 0. The first-order chi connectivity index (χ1) is 11.6. The molecule has 0 bridgehead atoms. The molecule has 0 aliphatic heterocycles. The molecule has 0 aliphatic rings. The van der Waals surface area contributed by atoms with Crippen LogP contribution < -0.4 is 5.32 Å². The zero-order valence-electron chi connectivity index (χ0n) is 12.5. The third kappa shape index (κ3) is 3.67. The molecule has 0 spiro atoms. The Balaban J connectivity index is 1.84. The predicted molar refractivity (Wildman–Crippen MR) is 95.2 cm³/mol. The molecular formula is C17H13ClN4O2. The predicted octanol–water partition coefficient (Wildman–Crippen LogP) is 4.32. The van der Waals surface area contributed by atoms with Gasteiger partial charge in [0.2, 0.25) is 5.28 Å². The van der Waals surface area contributed by atoms with Crippen LogP contribution in [0.25, 0.3) is 17.0 Å². The van der Waals surface area contributed by atoms with Gasteiger partial charge >= 0.3 is 0 Å². The average Bonchev–Trinajstić information content (AvgIpc) is 2.59. The van der Waals surface area contributed by atoms with E-state index in [0.29, 0.717) is 23.3 Å². The van der Waals surface area contributed by atoms with Crippen LogP contribution in [0.4, 0.5) is 11.5 Å². The SMILES string of the molecule is O=[N+]([O-])c1ccc2nc(Cl)nc(NC/C=C/c3ccccc3)c2c1.